The number of nitrogens with zero attached hydrogens (tertiary/aromatic N) is 3. The smallest absolute Gasteiger partial charge is 0.222 e. The lowest BCUT2D eigenvalue weighted by atomic mass is 10.0. The number of hydrogen-bond donors (Lipinski definition) is 3. The molecule has 0 aliphatic heterocycles. The second kappa shape index (κ2) is 9.95. The van der Waals surface area contributed by atoms with Crippen LogP contribution in [0.2, 0.25) is 0 Å². The zero-order valence-electron chi connectivity index (χ0n) is 19.6. The Morgan fingerprint density at radius 2 is 1.94 bits per heavy atom. The Bertz CT molecular complexity index is 1070. The number of methoxy groups -OCH3 is 1. The minimum atomic E-state index is -0.293. The summed E-state index contributed by atoms with van der Waals surface area (Å²) >= 11 is 0. The monoisotopic (exact) mass is 440 g/mol. The van der Waals surface area contributed by atoms with Gasteiger partial charge in [0.15, 0.2) is 0 Å². The van der Waals surface area contributed by atoms with Crippen LogP contribution in [0.25, 0.3) is 10.9 Å². The molecule has 0 bridgehead atoms. The van der Waals surface area contributed by atoms with Gasteiger partial charge in [-0.05, 0) is 33.3 Å². The highest BCUT2D eigenvalue weighted by atomic mass is 16.5. The molecule has 32 heavy (non-hydrogen) atoms. The second-order valence-corrected chi connectivity index (χ2v) is 8.66. The molecule has 0 saturated carbocycles. The van der Waals surface area contributed by atoms with Gasteiger partial charge < -0.3 is 20.1 Å². The van der Waals surface area contributed by atoms with Crippen molar-refractivity contribution in [2.24, 2.45) is 0 Å². The van der Waals surface area contributed by atoms with E-state index in [-0.39, 0.29) is 17.6 Å². The Kier molecular flexibility index (Phi) is 7.29. The van der Waals surface area contributed by atoms with Gasteiger partial charge in [0.05, 0.1) is 29.6 Å². The molecule has 0 radical (unpaired) electrons. The van der Waals surface area contributed by atoms with Crippen LogP contribution in [-0.4, -0.2) is 38.8 Å². The first-order valence-electron chi connectivity index (χ1n) is 10.8. The predicted octanol–water partition coefficient (Wildman–Crippen LogP) is 5.11. The summed E-state index contributed by atoms with van der Waals surface area (Å²) in [7, 11) is 1.61. The Morgan fingerprint density at radius 1 is 1.19 bits per heavy atom. The molecule has 1 amide bonds. The lowest BCUT2D eigenvalue weighted by Crippen LogP contribution is -2.23. The van der Waals surface area contributed by atoms with E-state index in [1.54, 1.807) is 13.2 Å². The number of unbranched alkanes of at least 4 members (excludes halogenated alkanes) is 1. The van der Waals surface area contributed by atoms with Gasteiger partial charge in [0.25, 0.3) is 0 Å². The Morgan fingerprint density at radius 3 is 2.59 bits per heavy atom. The van der Waals surface area contributed by atoms with E-state index in [1.165, 1.54) is 13.3 Å². The third-order valence-corrected chi connectivity index (χ3v) is 4.77. The first-order valence-corrected chi connectivity index (χ1v) is 10.8. The summed E-state index contributed by atoms with van der Waals surface area (Å²) in [5, 5.41) is 14.6. The summed E-state index contributed by atoms with van der Waals surface area (Å²) < 4.78 is 11.9. The summed E-state index contributed by atoms with van der Waals surface area (Å²) in [6.45, 7) is 9.76. The number of aromatic amines is 1. The van der Waals surface area contributed by atoms with Crippen molar-refractivity contribution in [3.05, 3.63) is 30.2 Å². The topological polar surface area (TPSA) is 114 Å². The van der Waals surface area contributed by atoms with Crippen molar-refractivity contribution < 1.29 is 14.3 Å². The van der Waals surface area contributed by atoms with Gasteiger partial charge in [0, 0.05) is 24.4 Å². The van der Waals surface area contributed by atoms with Crippen molar-refractivity contribution in [2.45, 2.75) is 65.6 Å². The SMILES string of the molecule is CCCCC(OC(C)(C)C)c1n[nH]c2cc(OC)c(Nc3cc(NC(C)=O)ncn3)cc12. The zero-order chi connectivity index (χ0) is 23.3. The van der Waals surface area contributed by atoms with E-state index in [1.807, 2.05) is 12.1 Å². The molecule has 0 aliphatic carbocycles. The number of nitrogens with one attached hydrogen (secondary N) is 3. The third-order valence-electron chi connectivity index (χ3n) is 4.77. The highest BCUT2D eigenvalue weighted by Crippen LogP contribution is 2.37. The maximum absolute atomic E-state index is 11.3. The lowest BCUT2D eigenvalue weighted by Gasteiger charge is -2.27. The summed E-state index contributed by atoms with van der Waals surface area (Å²) in [5.41, 5.74) is 2.16. The molecule has 0 spiro atoms. The van der Waals surface area contributed by atoms with E-state index >= 15 is 0 Å². The van der Waals surface area contributed by atoms with E-state index < -0.39 is 0 Å². The summed E-state index contributed by atoms with van der Waals surface area (Å²) in [5.74, 6) is 1.38. The minimum absolute atomic E-state index is 0.129. The van der Waals surface area contributed by atoms with Crippen LogP contribution in [0, 0.1) is 0 Å². The van der Waals surface area contributed by atoms with E-state index in [2.05, 4.69) is 58.5 Å². The van der Waals surface area contributed by atoms with Crippen LogP contribution in [0.5, 0.6) is 5.75 Å². The number of carbonyl (C=O) groups is 1. The molecule has 3 rings (SSSR count). The maximum atomic E-state index is 11.3. The molecule has 172 valence electrons. The van der Waals surface area contributed by atoms with Gasteiger partial charge in [-0.15, -0.1) is 0 Å². The molecule has 1 unspecified atom stereocenters. The van der Waals surface area contributed by atoms with Crippen LogP contribution >= 0.6 is 0 Å². The second-order valence-electron chi connectivity index (χ2n) is 8.66. The molecule has 2 aromatic heterocycles. The van der Waals surface area contributed by atoms with Crippen LogP contribution < -0.4 is 15.4 Å². The van der Waals surface area contributed by atoms with Gasteiger partial charge in [0.1, 0.15) is 29.8 Å². The fraction of sp³-hybridized carbons (Fsp3) is 0.478. The molecule has 3 aromatic rings. The average Bonchev–Trinajstić information content (AvgIpc) is 3.12. The van der Waals surface area contributed by atoms with Gasteiger partial charge in [-0.2, -0.15) is 5.10 Å². The normalized spacial score (nSPS) is 12.6. The number of amides is 1. The van der Waals surface area contributed by atoms with Gasteiger partial charge >= 0.3 is 0 Å². The van der Waals surface area contributed by atoms with Gasteiger partial charge in [-0.25, -0.2) is 9.97 Å². The first kappa shape index (κ1) is 23.5. The van der Waals surface area contributed by atoms with Crippen LogP contribution in [0.15, 0.2) is 24.5 Å². The molecule has 3 N–H and O–H groups in total. The van der Waals surface area contributed by atoms with Crippen molar-refractivity contribution in [1.29, 1.82) is 0 Å². The van der Waals surface area contributed by atoms with Crippen molar-refractivity contribution in [2.75, 3.05) is 17.7 Å². The van der Waals surface area contributed by atoms with Crippen molar-refractivity contribution >= 4 is 34.1 Å². The van der Waals surface area contributed by atoms with Crippen LogP contribution in [0.4, 0.5) is 17.3 Å². The van der Waals surface area contributed by atoms with E-state index in [4.69, 9.17) is 9.47 Å². The number of anilines is 3. The molecule has 1 atom stereocenters. The number of rotatable bonds is 9. The van der Waals surface area contributed by atoms with Crippen LogP contribution in [0.3, 0.4) is 0 Å². The molecular formula is C23H32N6O3. The summed E-state index contributed by atoms with van der Waals surface area (Å²) in [6.07, 6.45) is 4.27. The minimum Gasteiger partial charge on any atom is -0.494 e. The molecule has 0 saturated heterocycles. The molecule has 0 fully saturated rings. The summed E-state index contributed by atoms with van der Waals surface area (Å²) in [6, 6.07) is 5.55. The highest BCUT2D eigenvalue weighted by molar-refractivity contribution is 5.90. The molecular weight excluding hydrogens is 408 g/mol. The fourth-order valence-corrected chi connectivity index (χ4v) is 3.46. The van der Waals surface area contributed by atoms with E-state index in [0.717, 1.165) is 41.5 Å². The van der Waals surface area contributed by atoms with E-state index in [9.17, 15) is 4.79 Å². The van der Waals surface area contributed by atoms with E-state index in [0.29, 0.717) is 17.4 Å². The molecule has 1 aromatic carbocycles. The number of carbonyl (C=O) groups excluding carboxylic acids is 1. The van der Waals surface area contributed by atoms with Crippen LogP contribution in [0.1, 0.15) is 65.7 Å². The number of hydrogen-bond acceptors (Lipinski definition) is 7. The molecule has 9 heteroatoms. The highest BCUT2D eigenvalue weighted by Gasteiger charge is 2.25. The largest absolute Gasteiger partial charge is 0.494 e. The molecule has 2 heterocycles. The molecule has 0 aliphatic rings. The quantitative estimate of drug-likeness (QED) is 0.423. The molecule has 9 nitrogen and oxygen atoms in total. The average molecular weight is 441 g/mol. The number of fused-ring (bicyclic) bond motifs is 1. The van der Waals surface area contributed by atoms with Gasteiger partial charge in [-0.1, -0.05) is 19.8 Å². The number of aromatic nitrogens is 4. The Hall–Kier alpha value is -3.20. The van der Waals surface area contributed by atoms with Crippen LogP contribution in [-0.2, 0) is 9.53 Å². The third kappa shape index (κ3) is 5.94. The van der Waals surface area contributed by atoms with Crippen molar-refractivity contribution in [1.82, 2.24) is 20.2 Å². The predicted molar refractivity (Wildman–Crippen MR) is 125 cm³/mol. The van der Waals surface area contributed by atoms with Gasteiger partial charge in [0.2, 0.25) is 5.91 Å². The first-order chi connectivity index (χ1) is 15.2. The Labute approximate surface area is 188 Å². The maximum Gasteiger partial charge on any atom is 0.222 e. The lowest BCUT2D eigenvalue weighted by molar-refractivity contribution is -0.114. The zero-order valence-corrected chi connectivity index (χ0v) is 19.6. The fourth-order valence-electron chi connectivity index (χ4n) is 3.46. The number of benzene rings is 1. The summed E-state index contributed by atoms with van der Waals surface area (Å²) in [4.78, 5) is 19.7. The standard InChI is InChI=1S/C23H32N6O3/c1-7-8-9-18(32-23(3,4)5)22-15-10-17(19(31-6)11-16(15)28-29-22)27-21-12-20(24-13-25-21)26-14(2)30/h10-13,18H,7-9H2,1-6H3,(H,28,29)(H2,24,25,26,27,30). The number of ether oxygens (including phenoxy) is 2. The Balaban J connectivity index is 1.99. The van der Waals surface area contributed by atoms with Crippen molar-refractivity contribution in [3.8, 4) is 5.75 Å². The van der Waals surface area contributed by atoms with Crippen molar-refractivity contribution in [3.63, 3.8) is 0 Å². The number of H-pyrrole nitrogens is 1. The van der Waals surface area contributed by atoms with Gasteiger partial charge in [-0.3, -0.25) is 9.89 Å².